The van der Waals surface area contributed by atoms with E-state index in [0.717, 1.165) is 0 Å². The zero-order valence-corrected chi connectivity index (χ0v) is 9.10. The molecule has 86 valence electrons. The molecule has 1 aliphatic rings. The van der Waals surface area contributed by atoms with Crippen LogP contribution in [0, 0.1) is 5.92 Å². The quantitative estimate of drug-likeness (QED) is 0.718. The van der Waals surface area contributed by atoms with E-state index < -0.39 is 5.97 Å². The number of carbonyl (C=O) groups is 2. The standard InChI is InChI=1S/C10H17NO4/c1-11(9(12)3-4-15-2)8-5-7(6-8)10(13)14/h7-8H,3-6H2,1-2H3,(H,13,14). The first kappa shape index (κ1) is 12.0. The molecule has 0 aromatic heterocycles. The van der Waals surface area contributed by atoms with Crippen molar-refractivity contribution >= 4 is 11.9 Å². The first-order valence-electron chi connectivity index (χ1n) is 5.03. The van der Waals surface area contributed by atoms with Gasteiger partial charge in [-0.05, 0) is 12.8 Å². The predicted octanol–water partition coefficient (Wildman–Crippen LogP) is 0.344. The maximum Gasteiger partial charge on any atom is 0.306 e. The third-order valence-corrected chi connectivity index (χ3v) is 2.92. The molecule has 1 aliphatic carbocycles. The fourth-order valence-electron chi connectivity index (χ4n) is 1.68. The number of carboxylic acids is 1. The zero-order valence-electron chi connectivity index (χ0n) is 9.10. The monoisotopic (exact) mass is 215 g/mol. The van der Waals surface area contributed by atoms with Gasteiger partial charge in [-0.25, -0.2) is 0 Å². The maximum atomic E-state index is 11.5. The Morgan fingerprint density at radius 2 is 2.07 bits per heavy atom. The van der Waals surface area contributed by atoms with Gasteiger partial charge in [-0.3, -0.25) is 9.59 Å². The highest BCUT2D eigenvalue weighted by Gasteiger charge is 2.38. The molecule has 5 heteroatoms. The van der Waals surface area contributed by atoms with Crippen LogP contribution in [0.25, 0.3) is 0 Å². The highest BCUT2D eigenvalue weighted by atomic mass is 16.5. The molecule has 0 saturated heterocycles. The Morgan fingerprint density at radius 3 is 2.53 bits per heavy atom. The van der Waals surface area contributed by atoms with Crippen LogP contribution in [0.2, 0.25) is 0 Å². The number of amides is 1. The predicted molar refractivity (Wildman–Crippen MR) is 53.4 cm³/mol. The Hall–Kier alpha value is -1.10. The summed E-state index contributed by atoms with van der Waals surface area (Å²) in [5.41, 5.74) is 0. The van der Waals surface area contributed by atoms with Gasteiger partial charge in [0, 0.05) is 20.2 Å². The van der Waals surface area contributed by atoms with Crippen molar-refractivity contribution in [3.8, 4) is 0 Å². The average Bonchev–Trinajstić information content (AvgIpc) is 2.10. The molecule has 0 radical (unpaired) electrons. The molecule has 5 nitrogen and oxygen atoms in total. The second-order valence-electron chi connectivity index (χ2n) is 3.91. The van der Waals surface area contributed by atoms with Crippen LogP contribution < -0.4 is 0 Å². The van der Waals surface area contributed by atoms with E-state index in [-0.39, 0.29) is 17.9 Å². The first-order valence-corrected chi connectivity index (χ1v) is 5.03. The third-order valence-electron chi connectivity index (χ3n) is 2.92. The number of hydrogen-bond acceptors (Lipinski definition) is 3. The van der Waals surface area contributed by atoms with E-state index in [2.05, 4.69) is 0 Å². The number of carboxylic acid groups (broad SMARTS) is 1. The molecule has 0 unspecified atom stereocenters. The van der Waals surface area contributed by atoms with E-state index in [4.69, 9.17) is 9.84 Å². The lowest BCUT2D eigenvalue weighted by Crippen LogP contribution is -2.47. The van der Waals surface area contributed by atoms with E-state index in [9.17, 15) is 9.59 Å². The van der Waals surface area contributed by atoms with Gasteiger partial charge in [-0.15, -0.1) is 0 Å². The molecule has 0 atom stereocenters. The van der Waals surface area contributed by atoms with Crippen LogP contribution in [0.1, 0.15) is 19.3 Å². The van der Waals surface area contributed by atoms with Gasteiger partial charge in [-0.1, -0.05) is 0 Å². The van der Waals surface area contributed by atoms with Crippen molar-refractivity contribution < 1.29 is 19.4 Å². The van der Waals surface area contributed by atoms with Gasteiger partial charge >= 0.3 is 5.97 Å². The van der Waals surface area contributed by atoms with E-state index in [1.165, 1.54) is 0 Å². The maximum absolute atomic E-state index is 11.5. The summed E-state index contributed by atoms with van der Waals surface area (Å²) in [4.78, 5) is 23.7. The molecule has 0 aliphatic heterocycles. The molecule has 1 fully saturated rings. The molecule has 0 heterocycles. The minimum absolute atomic E-state index is 0.0192. The summed E-state index contributed by atoms with van der Waals surface area (Å²) >= 11 is 0. The van der Waals surface area contributed by atoms with Crippen molar-refractivity contribution in [2.45, 2.75) is 25.3 Å². The molecule has 0 bridgehead atoms. The Labute approximate surface area is 89.0 Å². The van der Waals surface area contributed by atoms with Crippen LogP contribution >= 0.6 is 0 Å². The first-order chi connectivity index (χ1) is 7.06. The molecule has 0 aromatic rings. The van der Waals surface area contributed by atoms with Gasteiger partial charge in [0.1, 0.15) is 0 Å². The Morgan fingerprint density at radius 1 is 1.47 bits per heavy atom. The van der Waals surface area contributed by atoms with Crippen molar-refractivity contribution in [2.75, 3.05) is 20.8 Å². The summed E-state index contributed by atoms with van der Waals surface area (Å²) in [7, 11) is 3.28. The molecule has 1 amide bonds. The highest BCUT2D eigenvalue weighted by Crippen LogP contribution is 2.31. The minimum Gasteiger partial charge on any atom is -0.481 e. The molecule has 0 aromatic carbocycles. The molecule has 15 heavy (non-hydrogen) atoms. The van der Waals surface area contributed by atoms with E-state index in [1.54, 1.807) is 19.1 Å². The molecule has 1 rings (SSSR count). The van der Waals surface area contributed by atoms with Crippen LogP contribution in [0.5, 0.6) is 0 Å². The summed E-state index contributed by atoms with van der Waals surface area (Å²) in [5.74, 6) is -1.01. The fraction of sp³-hybridized carbons (Fsp3) is 0.800. The second-order valence-corrected chi connectivity index (χ2v) is 3.91. The molecule has 1 N–H and O–H groups in total. The van der Waals surface area contributed by atoms with Crippen molar-refractivity contribution in [3.63, 3.8) is 0 Å². The number of ether oxygens (including phenoxy) is 1. The van der Waals surface area contributed by atoms with Crippen LogP contribution in [0.3, 0.4) is 0 Å². The third kappa shape index (κ3) is 2.92. The molecular formula is C10H17NO4. The molecule has 1 saturated carbocycles. The van der Waals surface area contributed by atoms with Crippen molar-refractivity contribution in [1.82, 2.24) is 4.90 Å². The lowest BCUT2D eigenvalue weighted by atomic mass is 9.79. The Balaban J connectivity index is 2.28. The number of hydrogen-bond donors (Lipinski definition) is 1. The van der Waals surface area contributed by atoms with Gasteiger partial charge in [-0.2, -0.15) is 0 Å². The second kappa shape index (κ2) is 5.11. The normalized spacial score (nSPS) is 24.4. The fourth-order valence-corrected chi connectivity index (χ4v) is 1.68. The van der Waals surface area contributed by atoms with Crippen LogP contribution in [-0.2, 0) is 14.3 Å². The highest BCUT2D eigenvalue weighted by molar-refractivity contribution is 5.77. The van der Waals surface area contributed by atoms with Gasteiger partial charge in [0.2, 0.25) is 5.91 Å². The Kier molecular flexibility index (Phi) is 4.08. The number of rotatable bonds is 5. The summed E-state index contributed by atoms with van der Waals surface area (Å²) in [5, 5.41) is 8.69. The topological polar surface area (TPSA) is 66.8 Å². The summed E-state index contributed by atoms with van der Waals surface area (Å²) in [6.45, 7) is 0.415. The summed E-state index contributed by atoms with van der Waals surface area (Å²) in [6, 6.07) is 0.0930. The van der Waals surface area contributed by atoms with Gasteiger partial charge in [0.05, 0.1) is 18.9 Å². The van der Waals surface area contributed by atoms with Crippen molar-refractivity contribution in [2.24, 2.45) is 5.92 Å². The summed E-state index contributed by atoms with van der Waals surface area (Å²) < 4.78 is 4.81. The van der Waals surface area contributed by atoms with Crippen molar-refractivity contribution in [1.29, 1.82) is 0 Å². The van der Waals surface area contributed by atoms with Crippen LogP contribution in [-0.4, -0.2) is 48.7 Å². The number of methoxy groups -OCH3 is 1. The van der Waals surface area contributed by atoms with E-state index in [1.807, 2.05) is 0 Å². The van der Waals surface area contributed by atoms with Gasteiger partial charge in [0.15, 0.2) is 0 Å². The largest absolute Gasteiger partial charge is 0.481 e. The minimum atomic E-state index is -0.760. The number of aliphatic carboxylic acids is 1. The smallest absolute Gasteiger partial charge is 0.306 e. The lowest BCUT2D eigenvalue weighted by molar-refractivity contribution is -0.150. The number of carbonyl (C=O) groups excluding carboxylic acids is 1. The van der Waals surface area contributed by atoms with Gasteiger partial charge < -0.3 is 14.7 Å². The van der Waals surface area contributed by atoms with Crippen LogP contribution in [0.4, 0.5) is 0 Å². The Bertz CT molecular complexity index is 248. The van der Waals surface area contributed by atoms with Crippen molar-refractivity contribution in [3.05, 3.63) is 0 Å². The average molecular weight is 215 g/mol. The lowest BCUT2D eigenvalue weighted by Gasteiger charge is -2.39. The zero-order chi connectivity index (χ0) is 11.4. The number of nitrogens with zero attached hydrogens (tertiary/aromatic N) is 1. The molecular weight excluding hydrogens is 198 g/mol. The summed E-state index contributed by atoms with van der Waals surface area (Å²) in [6.07, 6.45) is 1.51. The molecule has 0 spiro atoms. The SMILES string of the molecule is COCCC(=O)N(C)C1CC(C(=O)O)C1. The van der Waals surface area contributed by atoms with Gasteiger partial charge in [0.25, 0.3) is 0 Å². The van der Waals surface area contributed by atoms with E-state index in [0.29, 0.717) is 25.9 Å². The van der Waals surface area contributed by atoms with Crippen LogP contribution in [0.15, 0.2) is 0 Å². The van der Waals surface area contributed by atoms with E-state index >= 15 is 0 Å².